The molecule has 4 nitrogen and oxygen atoms in total. The van der Waals surface area contributed by atoms with Crippen molar-refractivity contribution in [2.45, 2.75) is 20.0 Å². The molecule has 0 saturated heterocycles. The number of rotatable bonds is 4. The molecule has 0 radical (unpaired) electrons. The molecule has 2 aromatic carbocycles. The highest BCUT2D eigenvalue weighted by Gasteiger charge is 2.24. The van der Waals surface area contributed by atoms with Gasteiger partial charge in [-0.2, -0.15) is 0 Å². The summed E-state index contributed by atoms with van der Waals surface area (Å²) in [5.74, 6) is 0.407. The largest absolute Gasteiger partial charge is 0.491 e. The first-order valence-electron chi connectivity index (χ1n) is 7.67. The molecule has 0 atom stereocenters. The normalized spacial score (nSPS) is 15.5. The molecule has 25 heavy (non-hydrogen) atoms. The fourth-order valence-electron chi connectivity index (χ4n) is 2.27. The smallest absolute Gasteiger partial charge is 0.363 e. The summed E-state index contributed by atoms with van der Waals surface area (Å²) in [4.78, 5) is 16.3. The number of nitrogens with zero attached hydrogens (tertiary/aromatic N) is 1. The van der Waals surface area contributed by atoms with Gasteiger partial charge in [0.2, 0.25) is 5.90 Å². The Labute approximate surface area is 155 Å². The van der Waals surface area contributed by atoms with Crippen molar-refractivity contribution < 1.29 is 14.3 Å². The van der Waals surface area contributed by atoms with Crippen molar-refractivity contribution in [3.63, 3.8) is 0 Å². The number of halogens is 2. The third-order valence-electron chi connectivity index (χ3n) is 3.32. The molecule has 1 aliphatic rings. The van der Waals surface area contributed by atoms with Crippen LogP contribution in [0.25, 0.3) is 6.08 Å². The Morgan fingerprint density at radius 1 is 1.12 bits per heavy atom. The van der Waals surface area contributed by atoms with Crippen LogP contribution >= 0.6 is 23.2 Å². The SMILES string of the molecule is CC(C)Oc1cccc(/C=C2\N=C(c3ccc(Cl)c(Cl)c3)OC2=O)c1. The lowest BCUT2D eigenvalue weighted by Crippen LogP contribution is -2.05. The molecular weight excluding hydrogens is 361 g/mol. The van der Waals surface area contributed by atoms with Crippen LogP contribution in [0.15, 0.2) is 53.2 Å². The van der Waals surface area contributed by atoms with E-state index in [1.54, 1.807) is 24.3 Å². The van der Waals surface area contributed by atoms with Crippen LogP contribution in [-0.2, 0) is 9.53 Å². The second-order valence-electron chi connectivity index (χ2n) is 5.70. The van der Waals surface area contributed by atoms with Crippen LogP contribution in [0.5, 0.6) is 5.75 Å². The van der Waals surface area contributed by atoms with E-state index in [0.717, 1.165) is 11.3 Å². The molecule has 1 heterocycles. The van der Waals surface area contributed by atoms with Crippen molar-refractivity contribution in [2.75, 3.05) is 0 Å². The number of hydrogen-bond acceptors (Lipinski definition) is 4. The lowest BCUT2D eigenvalue weighted by atomic mass is 10.2. The summed E-state index contributed by atoms with van der Waals surface area (Å²) in [6.07, 6.45) is 1.72. The lowest BCUT2D eigenvalue weighted by Gasteiger charge is -2.09. The number of carbonyl (C=O) groups is 1. The van der Waals surface area contributed by atoms with Crippen LogP contribution in [0.3, 0.4) is 0 Å². The Morgan fingerprint density at radius 3 is 2.64 bits per heavy atom. The lowest BCUT2D eigenvalue weighted by molar-refractivity contribution is -0.129. The van der Waals surface area contributed by atoms with Gasteiger partial charge in [0.1, 0.15) is 5.75 Å². The molecular formula is C19H15Cl2NO3. The molecule has 3 rings (SSSR count). The maximum Gasteiger partial charge on any atom is 0.363 e. The molecule has 128 valence electrons. The van der Waals surface area contributed by atoms with Gasteiger partial charge in [0.05, 0.1) is 16.1 Å². The Morgan fingerprint density at radius 2 is 1.92 bits per heavy atom. The van der Waals surface area contributed by atoms with Crippen molar-refractivity contribution in [2.24, 2.45) is 4.99 Å². The van der Waals surface area contributed by atoms with Crippen molar-refractivity contribution in [3.8, 4) is 5.75 Å². The molecule has 6 heteroatoms. The van der Waals surface area contributed by atoms with Gasteiger partial charge in [-0.3, -0.25) is 0 Å². The third kappa shape index (κ3) is 4.21. The minimum absolute atomic E-state index is 0.0682. The first-order valence-corrected chi connectivity index (χ1v) is 8.42. The van der Waals surface area contributed by atoms with Gasteiger partial charge >= 0.3 is 5.97 Å². The number of carbonyl (C=O) groups excluding carboxylic acids is 1. The van der Waals surface area contributed by atoms with Crippen molar-refractivity contribution in [3.05, 3.63) is 69.3 Å². The molecule has 0 bridgehead atoms. The first-order chi connectivity index (χ1) is 11.9. The van der Waals surface area contributed by atoms with E-state index in [-0.39, 0.29) is 17.7 Å². The fraction of sp³-hybridized carbons (Fsp3) is 0.158. The van der Waals surface area contributed by atoms with Gasteiger partial charge in [-0.25, -0.2) is 9.79 Å². The van der Waals surface area contributed by atoms with Crippen LogP contribution in [0.2, 0.25) is 10.0 Å². The summed E-state index contributed by atoms with van der Waals surface area (Å²) in [6, 6.07) is 12.3. The van der Waals surface area contributed by atoms with Crippen LogP contribution < -0.4 is 4.74 Å². The highest BCUT2D eigenvalue weighted by Crippen LogP contribution is 2.26. The summed E-state index contributed by atoms with van der Waals surface area (Å²) < 4.78 is 10.9. The monoisotopic (exact) mass is 375 g/mol. The second kappa shape index (κ2) is 7.30. The van der Waals surface area contributed by atoms with Gasteiger partial charge in [-0.05, 0) is 55.8 Å². The highest BCUT2D eigenvalue weighted by molar-refractivity contribution is 6.42. The average molecular weight is 376 g/mol. The van der Waals surface area contributed by atoms with Crippen molar-refractivity contribution >= 4 is 41.1 Å². The summed E-state index contributed by atoms with van der Waals surface area (Å²) in [5.41, 5.74) is 1.59. The summed E-state index contributed by atoms with van der Waals surface area (Å²) in [7, 11) is 0. The van der Waals surface area contributed by atoms with Gasteiger partial charge < -0.3 is 9.47 Å². The zero-order chi connectivity index (χ0) is 18.0. The van der Waals surface area contributed by atoms with E-state index in [0.29, 0.717) is 15.6 Å². The molecule has 0 amide bonds. The summed E-state index contributed by atoms with van der Waals surface area (Å²) in [5, 5.41) is 0.793. The van der Waals surface area contributed by atoms with Gasteiger partial charge in [-0.1, -0.05) is 35.3 Å². The average Bonchev–Trinajstić information content (AvgIpc) is 2.91. The number of aliphatic imine (C=N–C) groups is 1. The Balaban J connectivity index is 1.89. The molecule has 0 fully saturated rings. The van der Waals surface area contributed by atoms with Gasteiger partial charge in [0, 0.05) is 5.56 Å². The van der Waals surface area contributed by atoms with E-state index in [9.17, 15) is 4.79 Å². The van der Waals surface area contributed by atoms with Crippen molar-refractivity contribution in [1.82, 2.24) is 0 Å². The second-order valence-corrected chi connectivity index (χ2v) is 6.52. The molecule has 0 aliphatic carbocycles. The van der Waals surface area contributed by atoms with E-state index in [1.807, 2.05) is 38.1 Å². The number of esters is 1. The zero-order valence-electron chi connectivity index (χ0n) is 13.6. The van der Waals surface area contributed by atoms with E-state index in [1.165, 1.54) is 0 Å². The van der Waals surface area contributed by atoms with Gasteiger partial charge in [0.25, 0.3) is 0 Å². The quantitative estimate of drug-likeness (QED) is 0.549. The topological polar surface area (TPSA) is 47.9 Å². The molecule has 0 N–H and O–H groups in total. The molecule has 0 spiro atoms. The third-order valence-corrected chi connectivity index (χ3v) is 4.06. The maximum atomic E-state index is 12.1. The molecule has 0 saturated carbocycles. The molecule has 0 unspecified atom stereocenters. The Kier molecular flexibility index (Phi) is 5.11. The predicted molar refractivity (Wildman–Crippen MR) is 99.3 cm³/mol. The predicted octanol–water partition coefficient (Wildman–Crippen LogP) is 5.13. The Bertz CT molecular complexity index is 888. The molecule has 2 aromatic rings. The molecule has 0 aromatic heterocycles. The maximum absolute atomic E-state index is 12.1. The van der Waals surface area contributed by atoms with Crippen LogP contribution in [0.4, 0.5) is 0 Å². The standard InChI is InChI=1S/C19H15Cl2NO3/c1-11(2)24-14-5-3-4-12(8-14)9-17-19(23)25-18(22-17)13-6-7-15(20)16(21)10-13/h3-11H,1-2H3/b17-9-. The number of cyclic esters (lactones) is 1. The number of benzene rings is 2. The first kappa shape index (κ1) is 17.5. The van der Waals surface area contributed by atoms with E-state index in [4.69, 9.17) is 32.7 Å². The van der Waals surface area contributed by atoms with E-state index < -0.39 is 5.97 Å². The van der Waals surface area contributed by atoms with E-state index >= 15 is 0 Å². The number of hydrogen-bond donors (Lipinski definition) is 0. The number of ether oxygens (including phenoxy) is 2. The minimum Gasteiger partial charge on any atom is -0.491 e. The van der Waals surface area contributed by atoms with Crippen molar-refractivity contribution in [1.29, 1.82) is 0 Å². The highest BCUT2D eigenvalue weighted by atomic mass is 35.5. The summed E-state index contributed by atoms with van der Waals surface area (Å²) >= 11 is 11.9. The summed E-state index contributed by atoms with van der Waals surface area (Å²) in [6.45, 7) is 3.90. The van der Waals surface area contributed by atoms with E-state index in [2.05, 4.69) is 4.99 Å². The molecule has 1 aliphatic heterocycles. The Hall–Kier alpha value is -2.30. The fourth-order valence-corrected chi connectivity index (χ4v) is 2.57. The zero-order valence-corrected chi connectivity index (χ0v) is 15.1. The van der Waals surface area contributed by atoms with Gasteiger partial charge in [-0.15, -0.1) is 0 Å². The van der Waals surface area contributed by atoms with Crippen LogP contribution in [0, 0.1) is 0 Å². The van der Waals surface area contributed by atoms with Crippen LogP contribution in [0.1, 0.15) is 25.0 Å². The van der Waals surface area contributed by atoms with Gasteiger partial charge in [0.15, 0.2) is 5.70 Å². The minimum atomic E-state index is -0.517. The van der Waals surface area contributed by atoms with Crippen LogP contribution in [-0.4, -0.2) is 18.0 Å².